The standard InChI is InChI=1S/C17H20N2O4S/c20-17(16-7-4-13-23-16)19-10-8-18(9-11-19)12-14-24(21,22)15-5-2-1-3-6-15/h1-7,13H,8-12,14H2. The largest absolute Gasteiger partial charge is 0.459 e. The fraction of sp³-hybridized carbons (Fsp3) is 0.353. The van der Waals surface area contributed by atoms with Crippen LogP contribution >= 0.6 is 0 Å². The Balaban J connectivity index is 1.50. The van der Waals surface area contributed by atoms with E-state index >= 15 is 0 Å². The van der Waals surface area contributed by atoms with Crippen LogP contribution in [0.1, 0.15) is 10.6 Å². The number of sulfone groups is 1. The average Bonchev–Trinajstić information content (AvgIpc) is 3.15. The summed E-state index contributed by atoms with van der Waals surface area (Å²) in [6, 6.07) is 11.8. The molecule has 1 aliphatic rings. The first-order valence-electron chi connectivity index (χ1n) is 7.89. The van der Waals surface area contributed by atoms with E-state index in [2.05, 4.69) is 4.90 Å². The van der Waals surface area contributed by atoms with Gasteiger partial charge in [0.1, 0.15) is 0 Å². The third-order valence-electron chi connectivity index (χ3n) is 4.17. The number of nitrogens with zero attached hydrogens (tertiary/aromatic N) is 2. The lowest BCUT2D eigenvalue weighted by Gasteiger charge is -2.34. The lowest BCUT2D eigenvalue weighted by molar-refractivity contribution is 0.0613. The van der Waals surface area contributed by atoms with Gasteiger partial charge in [0.15, 0.2) is 15.6 Å². The predicted molar refractivity (Wildman–Crippen MR) is 89.5 cm³/mol. The fourth-order valence-corrected chi connectivity index (χ4v) is 4.03. The van der Waals surface area contributed by atoms with Gasteiger partial charge in [-0.05, 0) is 24.3 Å². The minimum atomic E-state index is -3.26. The smallest absolute Gasteiger partial charge is 0.289 e. The molecule has 2 aromatic rings. The SMILES string of the molecule is O=C(c1ccco1)N1CCN(CCS(=O)(=O)c2ccccc2)CC1. The van der Waals surface area contributed by atoms with E-state index in [1.807, 2.05) is 0 Å². The summed E-state index contributed by atoms with van der Waals surface area (Å²) in [4.78, 5) is 16.4. The summed E-state index contributed by atoms with van der Waals surface area (Å²) in [5.41, 5.74) is 0. The van der Waals surface area contributed by atoms with Gasteiger partial charge in [-0.3, -0.25) is 9.69 Å². The van der Waals surface area contributed by atoms with Gasteiger partial charge in [0.25, 0.3) is 5.91 Å². The molecular weight excluding hydrogens is 328 g/mol. The maximum atomic E-state index is 12.3. The van der Waals surface area contributed by atoms with Crippen LogP contribution in [0.25, 0.3) is 0 Å². The van der Waals surface area contributed by atoms with E-state index in [1.165, 1.54) is 6.26 Å². The molecule has 0 aliphatic carbocycles. The first-order valence-corrected chi connectivity index (χ1v) is 9.54. The Morgan fingerprint density at radius 1 is 1.00 bits per heavy atom. The van der Waals surface area contributed by atoms with E-state index in [-0.39, 0.29) is 11.7 Å². The molecule has 1 saturated heterocycles. The summed E-state index contributed by atoms with van der Waals surface area (Å²) in [7, 11) is -3.26. The number of furan rings is 1. The number of rotatable bonds is 5. The van der Waals surface area contributed by atoms with Crippen molar-refractivity contribution in [3.05, 3.63) is 54.5 Å². The van der Waals surface area contributed by atoms with Crippen LogP contribution in [-0.2, 0) is 9.84 Å². The molecule has 1 fully saturated rings. The summed E-state index contributed by atoms with van der Waals surface area (Å²) in [6.45, 7) is 2.95. The minimum absolute atomic E-state index is 0.0865. The van der Waals surface area contributed by atoms with Crippen LogP contribution in [-0.4, -0.2) is 62.6 Å². The van der Waals surface area contributed by atoms with Crippen LogP contribution in [0.5, 0.6) is 0 Å². The summed E-state index contributed by atoms with van der Waals surface area (Å²) < 4.78 is 29.7. The van der Waals surface area contributed by atoms with Crippen LogP contribution in [0, 0.1) is 0 Å². The van der Waals surface area contributed by atoms with E-state index in [9.17, 15) is 13.2 Å². The molecule has 2 heterocycles. The molecule has 0 atom stereocenters. The summed E-state index contributed by atoms with van der Waals surface area (Å²) in [5, 5.41) is 0. The molecule has 0 N–H and O–H groups in total. The van der Waals surface area contributed by atoms with Crippen molar-refractivity contribution in [3.63, 3.8) is 0 Å². The van der Waals surface area contributed by atoms with Crippen LogP contribution < -0.4 is 0 Å². The Bertz CT molecular complexity index is 764. The highest BCUT2D eigenvalue weighted by atomic mass is 32.2. The topological polar surface area (TPSA) is 70.8 Å². The molecule has 0 bridgehead atoms. The van der Waals surface area contributed by atoms with E-state index < -0.39 is 9.84 Å². The monoisotopic (exact) mass is 348 g/mol. The third kappa shape index (κ3) is 3.85. The van der Waals surface area contributed by atoms with Crippen molar-refractivity contribution < 1.29 is 17.6 Å². The number of hydrogen-bond acceptors (Lipinski definition) is 5. The Morgan fingerprint density at radius 3 is 2.33 bits per heavy atom. The minimum Gasteiger partial charge on any atom is -0.459 e. The maximum Gasteiger partial charge on any atom is 0.289 e. The zero-order chi connectivity index (χ0) is 17.0. The Morgan fingerprint density at radius 2 is 1.71 bits per heavy atom. The Hall–Kier alpha value is -2.12. The zero-order valence-corrected chi connectivity index (χ0v) is 14.1. The molecule has 3 rings (SSSR count). The molecule has 0 radical (unpaired) electrons. The number of carbonyl (C=O) groups excluding carboxylic acids is 1. The Labute approximate surface area is 141 Å². The molecule has 0 unspecified atom stereocenters. The van der Waals surface area contributed by atoms with Gasteiger partial charge in [0, 0.05) is 32.7 Å². The Kier molecular flexibility index (Phi) is 5.01. The molecule has 1 aromatic carbocycles. The normalized spacial score (nSPS) is 16.2. The van der Waals surface area contributed by atoms with Gasteiger partial charge in [0.05, 0.1) is 16.9 Å². The number of hydrogen-bond donors (Lipinski definition) is 0. The van der Waals surface area contributed by atoms with Gasteiger partial charge in [0.2, 0.25) is 0 Å². The first-order chi connectivity index (χ1) is 11.6. The van der Waals surface area contributed by atoms with Crippen molar-refractivity contribution in [2.45, 2.75) is 4.90 Å². The maximum absolute atomic E-state index is 12.3. The van der Waals surface area contributed by atoms with Gasteiger partial charge in [-0.2, -0.15) is 0 Å². The highest BCUT2D eigenvalue weighted by Gasteiger charge is 2.24. The van der Waals surface area contributed by atoms with Crippen molar-refractivity contribution in [1.82, 2.24) is 9.80 Å². The molecule has 0 spiro atoms. The van der Waals surface area contributed by atoms with Crippen molar-refractivity contribution in [3.8, 4) is 0 Å². The van der Waals surface area contributed by atoms with Crippen LogP contribution in [0.15, 0.2) is 58.0 Å². The molecule has 24 heavy (non-hydrogen) atoms. The van der Waals surface area contributed by atoms with Crippen LogP contribution in [0.3, 0.4) is 0 Å². The van der Waals surface area contributed by atoms with Gasteiger partial charge in [-0.1, -0.05) is 18.2 Å². The number of piperazine rings is 1. The van der Waals surface area contributed by atoms with Crippen molar-refractivity contribution in [1.29, 1.82) is 0 Å². The number of carbonyl (C=O) groups is 1. The van der Waals surface area contributed by atoms with E-state index in [0.29, 0.717) is 43.4 Å². The van der Waals surface area contributed by atoms with Gasteiger partial charge < -0.3 is 9.32 Å². The lowest BCUT2D eigenvalue weighted by atomic mass is 10.3. The highest BCUT2D eigenvalue weighted by Crippen LogP contribution is 2.12. The number of amides is 1. The molecular formula is C17H20N2O4S. The molecule has 1 aromatic heterocycles. The van der Waals surface area contributed by atoms with Crippen molar-refractivity contribution in [2.75, 3.05) is 38.5 Å². The molecule has 6 nitrogen and oxygen atoms in total. The fourth-order valence-electron chi connectivity index (χ4n) is 2.73. The average molecular weight is 348 g/mol. The molecule has 0 saturated carbocycles. The summed E-state index contributed by atoms with van der Waals surface area (Å²) >= 11 is 0. The zero-order valence-electron chi connectivity index (χ0n) is 13.3. The van der Waals surface area contributed by atoms with Crippen LogP contribution in [0.4, 0.5) is 0 Å². The second-order valence-electron chi connectivity index (χ2n) is 5.74. The first kappa shape index (κ1) is 16.7. The van der Waals surface area contributed by atoms with Gasteiger partial charge in [-0.25, -0.2) is 8.42 Å². The second-order valence-corrected chi connectivity index (χ2v) is 7.85. The lowest BCUT2D eigenvalue weighted by Crippen LogP contribution is -2.49. The second kappa shape index (κ2) is 7.19. The number of benzene rings is 1. The summed E-state index contributed by atoms with van der Waals surface area (Å²) in [5.74, 6) is 0.315. The van der Waals surface area contributed by atoms with Gasteiger partial charge >= 0.3 is 0 Å². The molecule has 7 heteroatoms. The quantitative estimate of drug-likeness (QED) is 0.819. The highest BCUT2D eigenvalue weighted by molar-refractivity contribution is 7.91. The van der Waals surface area contributed by atoms with Crippen molar-refractivity contribution in [2.24, 2.45) is 0 Å². The van der Waals surface area contributed by atoms with Crippen LogP contribution in [0.2, 0.25) is 0 Å². The van der Waals surface area contributed by atoms with E-state index in [1.54, 1.807) is 47.4 Å². The van der Waals surface area contributed by atoms with E-state index in [0.717, 1.165) is 0 Å². The van der Waals surface area contributed by atoms with Crippen molar-refractivity contribution >= 4 is 15.7 Å². The molecule has 1 aliphatic heterocycles. The van der Waals surface area contributed by atoms with Gasteiger partial charge in [-0.15, -0.1) is 0 Å². The molecule has 1 amide bonds. The molecule has 128 valence electrons. The van der Waals surface area contributed by atoms with E-state index in [4.69, 9.17) is 4.42 Å². The summed E-state index contributed by atoms with van der Waals surface area (Å²) in [6.07, 6.45) is 1.48. The predicted octanol–water partition coefficient (Wildman–Crippen LogP) is 1.51. The third-order valence-corrected chi connectivity index (χ3v) is 5.88.